The van der Waals surface area contributed by atoms with E-state index in [9.17, 15) is 39.4 Å². The fraction of sp³-hybridized carbons (Fsp3) is 0.273. The van der Waals surface area contributed by atoms with Crippen LogP contribution in [0.4, 0.5) is 22.7 Å². The summed E-state index contributed by atoms with van der Waals surface area (Å²) < 4.78 is 0. The number of nitro benzene ring substituents is 2. The summed E-state index contributed by atoms with van der Waals surface area (Å²) in [5, 5.41) is 21.7. The zero-order valence-electron chi connectivity index (χ0n) is 18.4. The van der Waals surface area contributed by atoms with Gasteiger partial charge in [0.25, 0.3) is 11.4 Å². The molecule has 182 valence electrons. The summed E-state index contributed by atoms with van der Waals surface area (Å²) in [5.41, 5.74) is 1.61. The number of hydrogen-bond acceptors (Lipinski definition) is 8. The van der Waals surface area contributed by atoms with Crippen LogP contribution >= 0.6 is 15.9 Å². The Hall–Kier alpha value is -4.00. The number of anilines is 2. The van der Waals surface area contributed by atoms with Gasteiger partial charge in [-0.3, -0.25) is 49.2 Å². The smallest absolute Gasteiger partial charge is 0.273 e. The van der Waals surface area contributed by atoms with Gasteiger partial charge in [-0.25, -0.2) is 0 Å². The van der Waals surface area contributed by atoms with Crippen molar-refractivity contribution in [1.82, 2.24) is 0 Å². The summed E-state index contributed by atoms with van der Waals surface area (Å²) in [5.74, 6) is -1.06. The number of nitro groups is 2. The molecule has 2 aromatic carbocycles. The monoisotopic (exact) mass is 546 g/mol. The van der Waals surface area contributed by atoms with Gasteiger partial charge in [-0.05, 0) is 31.2 Å². The molecule has 2 heterocycles. The first kappa shape index (κ1) is 25.6. The second-order valence-corrected chi connectivity index (χ2v) is 8.24. The molecule has 0 N–H and O–H groups in total. The lowest BCUT2D eigenvalue weighted by Crippen LogP contribution is -2.28. The van der Waals surface area contributed by atoms with Gasteiger partial charge in [-0.15, -0.1) is 0 Å². The summed E-state index contributed by atoms with van der Waals surface area (Å²) in [6, 6.07) is 8.44. The van der Waals surface area contributed by atoms with Crippen LogP contribution in [0.2, 0.25) is 0 Å². The van der Waals surface area contributed by atoms with E-state index >= 15 is 0 Å². The predicted molar refractivity (Wildman–Crippen MR) is 127 cm³/mol. The van der Waals surface area contributed by atoms with Gasteiger partial charge in [0.2, 0.25) is 23.6 Å². The van der Waals surface area contributed by atoms with E-state index in [4.69, 9.17) is 0 Å². The molecule has 12 nitrogen and oxygen atoms in total. The molecule has 2 aliphatic heterocycles. The lowest BCUT2D eigenvalue weighted by atomic mass is 10.1. The average molecular weight is 547 g/mol. The molecule has 2 fully saturated rings. The van der Waals surface area contributed by atoms with Crippen LogP contribution in [-0.2, 0) is 24.5 Å². The summed E-state index contributed by atoms with van der Waals surface area (Å²) in [4.78, 5) is 68.7. The van der Waals surface area contributed by atoms with Crippen molar-refractivity contribution >= 4 is 62.3 Å². The molecule has 4 amide bonds. The molecular formula is C22H19BrN4O8. The minimum Gasteiger partial charge on any atom is -0.274 e. The van der Waals surface area contributed by atoms with Gasteiger partial charge >= 0.3 is 0 Å². The molecule has 2 saturated heterocycles. The summed E-state index contributed by atoms with van der Waals surface area (Å²) in [7, 11) is 0. The Labute approximate surface area is 206 Å². The van der Waals surface area contributed by atoms with Crippen LogP contribution in [0, 0.1) is 27.2 Å². The molecule has 2 aromatic rings. The van der Waals surface area contributed by atoms with E-state index in [0.717, 1.165) is 9.80 Å². The van der Waals surface area contributed by atoms with Crippen molar-refractivity contribution in [1.29, 1.82) is 0 Å². The molecule has 0 spiro atoms. The van der Waals surface area contributed by atoms with Crippen molar-refractivity contribution in [2.45, 2.75) is 37.9 Å². The highest BCUT2D eigenvalue weighted by Gasteiger charge is 2.32. The molecule has 35 heavy (non-hydrogen) atoms. The lowest BCUT2D eigenvalue weighted by molar-refractivity contribution is -0.385. The van der Waals surface area contributed by atoms with E-state index in [1.165, 1.54) is 36.4 Å². The molecule has 0 aliphatic carbocycles. The summed E-state index contributed by atoms with van der Waals surface area (Å²) >= 11 is 3.16. The van der Waals surface area contributed by atoms with Crippen LogP contribution in [0.5, 0.6) is 0 Å². The lowest BCUT2D eigenvalue weighted by Gasteiger charge is -2.14. The Morgan fingerprint density at radius 2 is 1.14 bits per heavy atom. The van der Waals surface area contributed by atoms with E-state index in [-0.39, 0.29) is 66.0 Å². The Bertz CT molecular complexity index is 1230. The van der Waals surface area contributed by atoms with Crippen molar-refractivity contribution in [3.05, 3.63) is 67.8 Å². The van der Waals surface area contributed by atoms with Gasteiger partial charge in [0.15, 0.2) is 0 Å². The zero-order chi connectivity index (χ0) is 25.9. The topological polar surface area (TPSA) is 161 Å². The number of carbonyl (C=O) groups excluding carboxylic acids is 4. The fourth-order valence-electron chi connectivity index (χ4n) is 3.71. The molecule has 0 bridgehead atoms. The molecule has 4 rings (SSSR count). The van der Waals surface area contributed by atoms with Crippen LogP contribution in [0.3, 0.4) is 0 Å². The molecule has 0 aromatic heterocycles. The molecule has 0 saturated carbocycles. The van der Waals surface area contributed by atoms with Crippen molar-refractivity contribution in [3.63, 3.8) is 0 Å². The van der Waals surface area contributed by atoms with Gasteiger partial charge < -0.3 is 0 Å². The number of aryl methyl sites for hydroxylation is 1. The molecule has 13 heteroatoms. The number of halogens is 1. The van der Waals surface area contributed by atoms with Crippen LogP contribution in [0.15, 0.2) is 36.4 Å². The maximum absolute atomic E-state index is 11.6. The number of benzene rings is 2. The second-order valence-electron chi connectivity index (χ2n) is 7.68. The largest absolute Gasteiger partial charge is 0.274 e. The van der Waals surface area contributed by atoms with Gasteiger partial charge in [-0.2, -0.15) is 0 Å². The normalized spacial score (nSPS) is 15.4. The Kier molecular flexibility index (Phi) is 7.69. The maximum atomic E-state index is 11.6. The van der Waals surface area contributed by atoms with E-state index in [2.05, 4.69) is 15.9 Å². The third-order valence-corrected chi connectivity index (χ3v) is 6.00. The number of amides is 4. The quantitative estimate of drug-likeness (QED) is 0.237. The minimum atomic E-state index is -0.493. The predicted octanol–water partition coefficient (Wildman–Crippen LogP) is 3.70. The van der Waals surface area contributed by atoms with Crippen molar-refractivity contribution in [2.24, 2.45) is 0 Å². The van der Waals surface area contributed by atoms with Crippen molar-refractivity contribution in [2.75, 3.05) is 9.80 Å². The van der Waals surface area contributed by atoms with Crippen LogP contribution in [-0.4, -0.2) is 33.5 Å². The van der Waals surface area contributed by atoms with Crippen LogP contribution < -0.4 is 9.80 Å². The highest BCUT2D eigenvalue weighted by molar-refractivity contribution is 9.08. The van der Waals surface area contributed by atoms with E-state index in [1.807, 2.05) is 0 Å². The number of rotatable bonds is 5. The third kappa shape index (κ3) is 5.40. The summed E-state index contributed by atoms with van der Waals surface area (Å²) in [6.07, 6.45) is 0.794. The standard InChI is InChI=1S/C11H9BrN2O4.C11H10N2O4/c12-6-7-5-8(1-2-9(7)14(17)18)13-10(15)3-4-11(13)16;1-7-6-8(2-3-9(7)13(16)17)12-10(14)4-5-11(12)15/h1-2,5H,3-4,6H2;2-3,6H,4-5H2,1H3. The molecule has 0 atom stereocenters. The molecular weight excluding hydrogens is 528 g/mol. The highest BCUT2D eigenvalue weighted by atomic mass is 79.9. The Balaban J connectivity index is 0.000000196. The number of nitrogens with zero attached hydrogens (tertiary/aromatic N) is 4. The van der Waals surface area contributed by atoms with E-state index in [1.54, 1.807) is 6.92 Å². The first-order valence-electron chi connectivity index (χ1n) is 10.3. The Morgan fingerprint density at radius 3 is 1.51 bits per heavy atom. The average Bonchev–Trinajstić information content (AvgIpc) is 3.33. The molecule has 0 unspecified atom stereocenters. The van der Waals surface area contributed by atoms with Crippen molar-refractivity contribution in [3.8, 4) is 0 Å². The van der Waals surface area contributed by atoms with Gasteiger partial charge in [0, 0.05) is 54.3 Å². The van der Waals surface area contributed by atoms with Crippen molar-refractivity contribution < 1.29 is 29.0 Å². The van der Waals surface area contributed by atoms with E-state index < -0.39 is 9.85 Å². The Morgan fingerprint density at radius 1 is 0.743 bits per heavy atom. The SMILES string of the molecule is Cc1cc(N2C(=O)CCC2=O)ccc1[N+](=O)[O-].O=C1CCC(=O)N1c1ccc([N+](=O)[O-])c(CBr)c1. The first-order valence-corrected chi connectivity index (χ1v) is 11.5. The number of hydrogen-bond donors (Lipinski definition) is 0. The minimum absolute atomic E-state index is 0.0205. The van der Waals surface area contributed by atoms with Gasteiger partial charge in [-0.1, -0.05) is 15.9 Å². The van der Waals surface area contributed by atoms with E-state index in [0.29, 0.717) is 22.5 Å². The number of carbonyl (C=O) groups is 4. The second kappa shape index (κ2) is 10.5. The molecule has 0 radical (unpaired) electrons. The van der Waals surface area contributed by atoms with Crippen LogP contribution in [0.25, 0.3) is 0 Å². The number of imide groups is 2. The fourth-order valence-corrected chi connectivity index (χ4v) is 4.16. The highest BCUT2D eigenvalue weighted by Crippen LogP contribution is 2.30. The van der Waals surface area contributed by atoms with Gasteiger partial charge in [0.05, 0.1) is 21.2 Å². The summed E-state index contributed by atoms with van der Waals surface area (Å²) in [6.45, 7) is 1.58. The molecule has 2 aliphatic rings. The van der Waals surface area contributed by atoms with Gasteiger partial charge in [0.1, 0.15) is 0 Å². The zero-order valence-corrected chi connectivity index (χ0v) is 20.0. The number of alkyl halides is 1. The third-order valence-electron chi connectivity index (χ3n) is 5.40. The van der Waals surface area contributed by atoms with Crippen LogP contribution in [0.1, 0.15) is 36.8 Å². The maximum Gasteiger partial charge on any atom is 0.273 e. The first-order chi connectivity index (χ1) is 16.5.